The normalized spacial score (nSPS) is 25.6. The van der Waals surface area contributed by atoms with Crippen LogP contribution in [0.2, 0.25) is 5.02 Å². The minimum atomic E-state index is -0.231. The van der Waals surface area contributed by atoms with Gasteiger partial charge in [-0.3, -0.25) is 0 Å². The van der Waals surface area contributed by atoms with Crippen molar-refractivity contribution in [1.82, 2.24) is 14.9 Å². The molecule has 0 radical (unpaired) electrons. The fraction of sp³-hybridized carbons (Fsp3) is 0.545. The van der Waals surface area contributed by atoms with Gasteiger partial charge >= 0.3 is 0 Å². The zero-order valence-corrected chi connectivity index (χ0v) is 19.0. The first-order valence-electron chi connectivity index (χ1n) is 10.9. The topological polar surface area (TPSA) is 81.2 Å². The molecule has 0 amide bonds. The van der Waals surface area contributed by atoms with Gasteiger partial charge in [0.05, 0.1) is 31.7 Å². The summed E-state index contributed by atoms with van der Waals surface area (Å²) in [5, 5.41) is 3.57. The molecule has 1 aromatic heterocycles. The molecule has 0 aliphatic carbocycles. The van der Waals surface area contributed by atoms with E-state index in [0.717, 1.165) is 49.7 Å². The van der Waals surface area contributed by atoms with Gasteiger partial charge in [0.15, 0.2) is 6.10 Å². The molecule has 1 aromatic carbocycles. The highest BCUT2D eigenvalue weighted by Crippen LogP contribution is 2.34. The number of likely N-dealkylation sites (N-methyl/N-ethyl adjacent to an activating group) is 1. The largest absolute Gasteiger partial charge is 0.495 e. The van der Waals surface area contributed by atoms with Crippen LogP contribution in [0.15, 0.2) is 24.4 Å². The first-order chi connectivity index (χ1) is 15.6. The quantitative estimate of drug-likeness (QED) is 0.697. The molecular formula is C22H28ClN5O4. The second kappa shape index (κ2) is 9.27. The van der Waals surface area contributed by atoms with Crippen molar-refractivity contribution < 1.29 is 18.9 Å². The lowest BCUT2D eigenvalue weighted by atomic mass is 10.1. The molecule has 32 heavy (non-hydrogen) atoms. The number of benzene rings is 1. The summed E-state index contributed by atoms with van der Waals surface area (Å²) in [6.07, 6.45) is 2.20. The summed E-state index contributed by atoms with van der Waals surface area (Å²) in [7, 11) is 3.83. The Morgan fingerprint density at radius 1 is 1.19 bits per heavy atom. The van der Waals surface area contributed by atoms with E-state index in [1.807, 2.05) is 12.1 Å². The molecule has 9 nitrogen and oxygen atoms in total. The highest BCUT2D eigenvalue weighted by molar-refractivity contribution is 6.31. The van der Waals surface area contributed by atoms with Crippen LogP contribution in [0.1, 0.15) is 6.42 Å². The Bertz CT molecular complexity index is 956. The van der Waals surface area contributed by atoms with Crippen LogP contribution in [-0.4, -0.2) is 86.7 Å². The Hall–Kier alpha value is -2.33. The van der Waals surface area contributed by atoms with E-state index in [-0.39, 0.29) is 18.3 Å². The molecule has 0 bridgehead atoms. The van der Waals surface area contributed by atoms with Gasteiger partial charge in [0, 0.05) is 44.5 Å². The van der Waals surface area contributed by atoms with Gasteiger partial charge in [0.1, 0.15) is 16.9 Å². The number of piperazine rings is 1. The molecule has 0 saturated carbocycles. The Morgan fingerprint density at radius 2 is 2.03 bits per heavy atom. The lowest BCUT2D eigenvalue weighted by Gasteiger charge is -2.34. The minimum absolute atomic E-state index is 0.0798. The fourth-order valence-corrected chi connectivity index (χ4v) is 4.50. The third-order valence-electron chi connectivity index (χ3n) is 6.17. The van der Waals surface area contributed by atoms with Gasteiger partial charge in [-0.2, -0.15) is 4.98 Å². The standard InChI is InChI=1S/C22H28ClN5O4/c1-27-6-8-28(9-7-27)16-4-3-14(11-18(16)29-2)25-22-24-12-15(23)21(26-22)32-19-13-31-17-5-10-30-20(17)19/h3-4,11-12,17,19-20H,5-10,13H2,1-2H3,(H,24,25,26). The van der Waals surface area contributed by atoms with Gasteiger partial charge in [-0.15, -0.1) is 0 Å². The van der Waals surface area contributed by atoms with Gasteiger partial charge in [0.25, 0.3) is 0 Å². The van der Waals surface area contributed by atoms with E-state index in [4.69, 9.17) is 30.5 Å². The zero-order chi connectivity index (χ0) is 22.1. The van der Waals surface area contributed by atoms with Crippen LogP contribution in [0.5, 0.6) is 11.6 Å². The molecule has 3 fully saturated rings. The number of nitrogens with one attached hydrogen (secondary N) is 1. The van der Waals surface area contributed by atoms with Crippen LogP contribution in [0, 0.1) is 0 Å². The van der Waals surface area contributed by atoms with E-state index in [2.05, 4.69) is 38.2 Å². The molecule has 4 heterocycles. The summed E-state index contributed by atoms with van der Waals surface area (Å²) in [5.41, 5.74) is 1.90. The Labute approximate surface area is 192 Å². The summed E-state index contributed by atoms with van der Waals surface area (Å²) in [4.78, 5) is 13.4. The van der Waals surface area contributed by atoms with Crippen molar-refractivity contribution in [2.75, 3.05) is 63.8 Å². The van der Waals surface area contributed by atoms with Gasteiger partial charge in [-0.05, 0) is 25.6 Å². The maximum Gasteiger partial charge on any atom is 0.237 e. The first-order valence-corrected chi connectivity index (χ1v) is 11.3. The van der Waals surface area contributed by atoms with E-state index in [0.29, 0.717) is 30.1 Å². The minimum Gasteiger partial charge on any atom is -0.495 e. The first kappa shape index (κ1) is 21.5. The number of ether oxygens (including phenoxy) is 4. The molecule has 3 unspecified atom stereocenters. The van der Waals surface area contributed by atoms with Crippen molar-refractivity contribution in [3.05, 3.63) is 29.4 Å². The summed E-state index contributed by atoms with van der Waals surface area (Å²) >= 11 is 6.30. The second-order valence-electron chi connectivity index (χ2n) is 8.30. The third-order valence-corrected chi connectivity index (χ3v) is 6.43. The Kier molecular flexibility index (Phi) is 6.23. The number of fused-ring (bicyclic) bond motifs is 1. The summed E-state index contributed by atoms with van der Waals surface area (Å²) in [6.45, 7) is 5.15. The number of methoxy groups -OCH3 is 1. The van der Waals surface area contributed by atoms with Crippen molar-refractivity contribution in [3.8, 4) is 11.6 Å². The van der Waals surface area contributed by atoms with E-state index in [9.17, 15) is 0 Å². The molecule has 3 saturated heterocycles. The van der Waals surface area contributed by atoms with Crippen LogP contribution < -0.4 is 19.7 Å². The van der Waals surface area contributed by atoms with Crippen LogP contribution in [0.25, 0.3) is 0 Å². The van der Waals surface area contributed by atoms with Crippen LogP contribution in [0.4, 0.5) is 17.3 Å². The van der Waals surface area contributed by atoms with Gasteiger partial charge < -0.3 is 34.1 Å². The van der Waals surface area contributed by atoms with Crippen LogP contribution in [0.3, 0.4) is 0 Å². The zero-order valence-electron chi connectivity index (χ0n) is 18.3. The van der Waals surface area contributed by atoms with E-state index in [1.165, 1.54) is 6.20 Å². The molecule has 2 aromatic rings. The average Bonchev–Trinajstić information content (AvgIpc) is 3.42. The monoisotopic (exact) mass is 461 g/mol. The maximum atomic E-state index is 6.30. The molecule has 10 heteroatoms. The maximum absolute atomic E-state index is 6.30. The fourth-order valence-electron chi connectivity index (χ4n) is 4.36. The number of hydrogen-bond acceptors (Lipinski definition) is 9. The number of aromatic nitrogens is 2. The van der Waals surface area contributed by atoms with Crippen LogP contribution >= 0.6 is 11.6 Å². The van der Waals surface area contributed by atoms with Crippen molar-refractivity contribution in [2.24, 2.45) is 0 Å². The SMILES string of the molecule is COc1cc(Nc2ncc(Cl)c(OC3COC4CCOC43)n2)ccc1N1CCN(C)CC1. The molecular weight excluding hydrogens is 434 g/mol. The predicted molar refractivity (Wildman–Crippen MR) is 122 cm³/mol. The summed E-state index contributed by atoms with van der Waals surface area (Å²) in [6, 6.07) is 6.01. The van der Waals surface area contributed by atoms with E-state index < -0.39 is 0 Å². The van der Waals surface area contributed by atoms with Gasteiger partial charge in [-0.1, -0.05) is 11.6 Å². The lowest BCUT2D eigenvalue weighted by molar-refractivity contribution is 0.0290. The number of rotatable bonds is 6. The molecule has 1 N–H and O–H groups in total. The highest BCUT2D eigenvalue weighted by Gasteiger charge is 2.43. The summed E-state index contributed by atoms with van der Waals surface area (Å²) < 4.78 is 23.2. The van der Waals surface area contributed by atoms with Crippen molar-refractivity contribution in [1.29, 1.82) is 0 Å². The highest BCUT2D eigenvalue weighted by atomic mass is 35.5. The van der Waals surface area contributed by atoms with Crippen molar-refractivity contribution >= 4 is 28.9 Å². The third kappa shape index (κ3) is 4.43. The summed E-state index contributed by atoms with van der Waals surface area (Å²) in [5.74, 6) is 1.51. The molecule has 3 aliphatic heterocycles. The molecule has 5 rings (SSSR count). The average molecular weight is 462 g/mol. The smallest absolute Gasteiger partial charge is 0.237 e. The Morgan fingerprint density at radius 3 is 2.84 bits per heavy atom. The lowest BCUT2D eigenvalue weighted by Crippen LogP contribution is -2.44. The van der Waals surface area contributed by atoms with Crippen molar-refractivity contribution in [2.45, 2.75) is 24.7 Å². The number of hydrogen-bond donors (Lipinski definition) is 1. The number of nitrogens with zero attached hydrogens (tertiary/aromatic N) is 4. The number of halogens is 1. The molecule has 3 aliphatic rings. The Balaban J connectivity index is 1.30. The van der Waals surface area contributed by atoms with Gasteiger partial charge in [-0.25, -0.2) is 4.98 Å². The van der Waals surface area contributed by atoms with E-state index >= 15 is 0 Å². The predicted octanol–water partition coefficient (Wildman–Crippen LogP) is 2.57. The van der Waals surface area contributed by atoms with E-state index in [1.54, 1.807) is 7.11 Å². The van der Waals surface area contributed by atoms with Gasteiger partial charge in [0.2, 0.25) is 11.8 Å². The van der Waals surface area contributed by atoms with Crippen LogP contribution in [-0.2, 0) is 9.47 Å². The molecule has 0 spiro atoms. The molecule has 3 atom stereocenters. The number of anilines is 3. The molecule has 172 valence electrons. The second-order valence-corrected chi connectivity index (χ2v) is 8.71. The van der Waals surface area contributed by atoms with Crippen molar-refractivity contribution in [3.63, 3.8) is 0 Å².